The summed E-state index contributed by atoms with van der Waals surface area (Å²) >= 11 is 6.24. The van der Waals surface area contributed by atoms with Crippen molar-refractivity contribution in [3.8, 4) is 0 Å². The van der Waals surface area contributed by atoms with E-state index < -0.39 is 0 Å². The lowest BCUT2D eigenvalue weighted by Gasteiger charge is -2.50. The largest absolute Gasteiger partial charge is 0.379 e. The van der Waals surface area contributed by atoms with Crippen molar-refractivity contribution in [3.63, 3.8) is 0 Å². The lowest BCUT2D eigenvalue weighted by Crippen LogP contribution is -2.57. The van der Waals surface area contributed by atoms with E-state index in [2.05, 4.69) is 35.2 Å². The zero-order valence-electron chi connectivity index (χ0n) is 16.1. The quantitative estimate of drug-likeness (QED) is 0.786. The van der Waals surface area contributed by atoms with E-state index >= 15 is 0 Å². The molecule has 5 heteroatoms. The van der Waals surface area contributed by atoms with Crippen molar-refractivity contribution < 1.29 is 9.53 Å². The van der Waals surface area contributed by atoms with Crippen molar-refractivity contribution in [1.82, 2.24) is 9.80 Å². The van der Waals surface area contributed by atoms with Gasteiger partial charge in [0.2, 0.25) is 5.91 Å². The van der Waals surface area contributed by atoms with Gasteiger partial charge in [0.1, 0.15) is 0 Å². The van der Waals surface area contributed by atoms with Crippen LogP contribution in [0.4, 0.5) is 0 Å². The molecular formula is C23H27ClN2O2. The molecule has 4 rings (SSSR count). The summed E-state index contributed by atoms with van der Waals surface area (Å²) in [6.45, 7) is 5.00. The maximum absolute atomic E-state index is 12.9. The molecule has 2 heterocycles. The summed E-state index contributed by atoms with van der Waals surface area (Å²) in [5.41, 5.74) is 2.25. The van der Waals surface area contributed by atoms with Crippen molar-refractivity contribution in [2.24, 2.45) is 0 Å². The highest BCUT2D eigenvalue weighted by Crippen LogP contribution is 2.39. The smallest absolute Gasteiger partial charge is 0.227 e. The van der Waals surface area contributed by atoms with Gasteiger partial charge < -0.3 is 9.64 Å². The van der Waals surface area contributed by atoms with Gasteiger partial charge in [0, 0.05) is 36.7 Å². The van der Waals surface area contributed by atoms with E-state index in [9.17, 15) is 4.79 Å². The minimum atomic E-state index is -0.00773. The van der Waals surface area contributed by atoms with Gasteiger partial charge in [-0.25, -0.2) is 0 Å². The van der Waals surface area contributed by atoms with Crippen LogP contribution >= 0.6 is 11.6 Å². The molecule has 0 atom stereocenters. The summed E-state index contributed by atoms with van der Waals surface area (Å²) in [5.74, 6) is 0.164. The molecule has 0 aromatic heterocycles. The molecule has 28 heavy (non-hydrogen) atoms. The molecule has 2 aromatic rings. The molecule has 2 fully saturated rings. The highest BCUT2D eigenvalue weighted by molar-refractivity contribution is 6.31. The maximum atomic E-state index is 12.9. The number of rotatable bonds is 4. The Kier molecular flexibility index (Phi) is 6.00. The number of benzene rings is 2. The van der Waals surface area contributed by atoms with E-state index in [4.69, 9.17) is 16.3 Å². The van der Waals surface area contributed by atoms with Crippen LogP contribution in [-0.4, -0.2) is 55.1 Å². The zero-order valence-corrected chi connectivity index (χ0v) is 16.9. The first-order valence-electron chi connectivity index (χ1n) is 10.1. The molecule has 0 unspecified atom stereocenters. The zero-order chi connectivity index (χ0) is 19.4. The minimum Gasteiger partial charge on any atom is -0.379 e. The summed E-state index contributed by atoms with van der Waals surface area (Å²) in [5, 5.41) is 0.666. The van der Waals surface area contributed by atoms with Gasteiger partial charge in [0.05, 0.1) is 19.6 Å². The molecule has 0 saturated carbocycles. The van der Waals surface area contributed by atoms with Crippen LogP contribution in [0.3, 0.4) is 0 Å². The van der Waals surface area contributed by atoms with Gasteiger partial charge in [-0.05, 0) is 30.0 Å². The highest BCUT2D eigenvalue weighted by atomic mass is 35.5. The fourth-order valence-corrected chi connectivity index (χ4v) is 4.77. The number of carbonyl (C=O) groups is 1. The van der Waals surface area contributed by atoms with Gasteiger partial charge in [-0.3, -0.25) is 9.69 Å². The minimum absolute atomic E-state index is 0.00773. The number of ether oxygens (including phenoxy) is 1. The number of nitrogens with zero attached hydrogens (tertiary/aromatic N) is 2. The first kappa shape index (κ1) is 19.4. The standard InChI is InChI=1S/C23H27ClN2O2/c24-21-9-5-4-6-19(21)18-22(27)25-12-10-23(11-13-25,20-7-2-1-3-8-20)26-14-16-28-17-15-26/h1-9H,10-18H2. The number of amides is 1. The Bertz CT molecular complexity index is 797. The summed E-state index contributed by atoms with van der Waals surface area (Å²) in [7, 11) is 0. The fraction of sp³-hybridized carbons (Fsp3) is 0.435. The molecule has 148 valence electrons. The topological polar surface area (TPSA) is 32.8 Å². The lowest BCUT2D eigenvalue weighted by molar-refractivity contribution is -0.134. The number of hydrogen-bond donors (Lipinski definition) is 0. The maximum Gasteiger partial charge on any atom is 0.227 e. The van der Waals surface area contributed by atoms with Gasteiger partial charge >= 0.3 is 0 Å². The number of hydrogen-bond acceptors (Lipinski definition) is 3. The van der Waals surface area contributed by atoms with Crippen LogP contribution in [0.2, 0.25) is 5.02 Å². The Morgan fingerprint density at radius 3 is 2.25 bits per heavy atom. The van der Waals surface area contributed by atoms with Crippen LogP contribution < -0.4 is 0 Å². The van der Waals surface area contributed by atoms with Crippen molar-refractivity contribution in [3.05, 3.63) is 70.7 Å². The first-order chi connectivity index (χ1) is 13.7. The molecule has 1 amide bonds. The fourth-order valence-electron chi connectivity index (χ4n) is 4.57. The van der Waals surface area contributed by atoms with E-state index in [1.54, 1.807) is 0 Å². The number of halogens is 1. The molecule has 0 bridgehead atoms. The summed E-state index contributed by atoms with van der Waals surface area (Å²) < 4.78 is 5.59. The van der Waals surface area contributed by atoms with Crippen molar-refractivity contribution >= 4 is 17.5 Å². The molecule has 0 aliphatic carbocycles. The van der Waals surface area contributed by atoms with Crippen LogP contribution in [-0.2, 0) is 21.5 Å². The molecule has 0 spiro atoms. The lowest BCUT2D eigenvalue weighted by atomic mass is 9.79. The molecule has 4 nitrogen and oxygen atoms in total. The van der Waals surface area contributed by atoms with Crippen molar-refractivity contribution in [2.45, 2.75) is 24.8 Å². The van der Waals surface area contributed by atoms with E-state index in [0.29, 0.717) is 11.4 Å². The van der Waals surface area contributed by atoms with Crippen LogP contribution in [0.5, 0.6) is 0 Å². The van der Waals surface area contributed by atoms with Gasteiger partial charge in [-0.1, -0.05) is 60.1 Å². The van der Waals surface area contributed by atoms with Crippen molar-refractivity contribution in [2.75, 3.05) is 39.4 Å². The molecule has 2 aliphatic rings. The third-order valence-corrected chi connectivity index (χ3v) is 6.54. The number of carbonyl (C=O) groups excluding carboxylic acids is 1. The molecule has 2 saturated heterocycles. The Morgan fingerprint density at radius 1 is 0.929 bits per heavy atom. The average molecular weight is 399 g/mol. The summed E-state index contributed by atoms with van der Waals surface area (Å²) in [6, 6.07) is 18.4. The van der Waals surface area contributed by atoms with E-state index in [1.165, 1.54) is 5.56 Å². The first-order valence-corrected chi connectivity index (χ1v) is 10.5. The number of morpholine rings is 1. The highest BCUT2D eigenvalue weighted by Gasteiger charge is 2.42. The Hall–Kier alpha value is -1.88. The van der Waals surface area contributed by atoms with Gasteiger partial charge in [-0.15, -0.1) is 0 Å². The third kappa shape index (κ3) is 3.95. The van der Waals surface area contributed by atoms with Crippen LogP contribution in [0.1, 0.15) is 24.0 Å². The predicted octanol–water partition coefficient (Wildman–Crippen LogP) is 3.73. The van der Waals surface area contributed by atoms with E-state index in [1.807, 2.05) is 29.2 Å². The van der Waals surface area contributed by atoms with Crippen LogP contribution in [0.25, 0.3) is 0 Å². The second kappa shape index (κ2) is 8.64. The average Bonchev–Trinajstić information content (AvgIpc) is 2.76. The molecular weight excluding hydrogens is 372 g/mol. The Morgan fingerprint density at radius 2 is 1.57 bits per heavy atom. The predicted molar refractivity (Wildman–Crippen MR) is 111 cm³/mol. The SMILES string of the molecule is O=C(Cc1ccccc1Cl)N1CCC(c2ccccc2)(N2CCOCC2)CC1. The van der Waals surface area contributed by atoms with Crippen molar-refractivity contribution in [1.29, 1.82) is 0 Å². The van der Waals surface area contributed by atoms with Gasteiger partial charge in [0.15, 0.2) is 0 Å². The second-order valence-electron chi connectivity index (χ2n) is 7.65. The number of piperidine rings is 1. The third-order valence-electron chi connectivity index (χ3n) is 6.17. The number of likely N-dealkylation sites (tertiary alicyclic amines) is 1. The second-order valence-corrected chi connectivity index (χ2v) is 8.05. The van der Waals surface area contributed by atoms with Crippen LogP contribution in [0, 0.1) is 0 Å². The van der Waals surface area contributed by atoms with E-state index in [0.717, 1.165) is 57.8 Å². The van der Waals surface area contributed by atoms with Crippen LogP contribution in [0.15, 0.2) is 54.6 Å². The monoisotopic (exact) mass is 398 g/mol. The normalized spacial score (nSPS) is 20.1. The molecule has 0 radical (unpaired) electrons. The summed E-state index contributed by atoms with van der Waals surface area (Å²) in [4.78, 5) is 17.5. The Balaban J connectivity index is 1.49. The summed E-state index contributed by atoms with van der Waals surface area (Å²) in [6.07, 6.45) is 2.27. The molecule has 2 aliphatic heterocycles. The van der Waals surface area contributed by atoms with E-state index in [-0.39, 0.29) is 11.4 Å². The van der Waals surface area contributed by atoms with Gasteiger partial charge in [0.25, 0.3) is 0 Å². The Labute approximate surface area is 172 Å². The molecule has 0 N–H and O–H groups in total. The van der Waals surface area contributed by atoms with Gasteiger partial charge in [-0.2, -0.15) is 0 Å². The molecule has 2 aromatic carbocycles.